The van der Waals surface area contributed by atoms with Gasteiger partial charge < -0.3 is 4.42 Å². The monoisotopic (exact) mass is 733 g/mol. The molecule has 0 atom stereocenters. The van der Waals surface area contributed by atoms with E-state index in [2.05, 4.69) is 115 Å². The van der Waals surface area contributed by atoms with Crippen LogP contribution in [0.5, 0.6) is 0 Å². The molecule has 0 amide bonds. The summed E-state index contributed by atoms with van der Waals surface area (Å²) in [6, 6.07) is 65.9. The van der Waals surface area contributed by atoms with Gasteiger partial charge in [0.2, 0.25) is 0 Å². The predicted octanol–water partition coefficient (Wildman–Crippen LogP) is 14.1. The van der Waals surface area contributed by atoms with Crippen LogP contribution in [0.15, 0.2) is 192 Å². The second-order valence-electron chi connectivity index (χ2n) is 14.0. The quantitative estimate of drug-likeness (QED) is 0.171. The van der Waals surface area contributed by atoms with E-state index in [0.717, 1.165) is 66.4 Å². The van der Waals surface area contributed by atoms with Crippen LogP contribution in [0.1, 0.15) is 0 Å². The number of para-hydroxylation sites is 1. The molecule has 0 N–H and O–H groups in total. The van der Waals surface area contributed by atoms with Crippen LogP contribution in [-0.2, 0) is 0 Å². The smallest absolute Gasteiger partial charge is 0.164 e. The molecule has 0 fully saturated rings. The Morgan fingerprint density at radius 1 is 0.321 bits per heavy atom. The molecule has 0 bridgehead atoms. The molecule has 5 heteroatoms. The molecule has 0 unspecified atom stereocenters. The van der Waals surface area contributed by atoms with Crippen LogP contribution in [0, 0.1) is 0 Å². The van der Waals surface area contributed by atoms with Crippen molar-refractivity contribution in [1.82, 2.24) is 15.0 Å². The van der Waals surface area contributed by atoms with Gasteiger partial charge in [-0.15, -0.1) is 11.3 Å². The molecule has 4 nitrogen and oxygen atoms in total. The highest BCUT2D eigenvalue weighted by Gasteiger charge is 2.17. The normalized spacial score (nSPS) is 11.6. The summed E-state index contributed by atoms with van der Waals surface area (Å²) in [7, 11) is 0. The van der Waals surface area contributed by atoms with Gasteiger partial charge in [-0.3, -0.25) is 0 Å². The highest BCUT2D eigenvalue weighted by Crippen LogP contribution is 2.42. The highest BCUT2D eigenvalue weighted by atomic mass is 32.1. The summed E-state index contributed by atoms with van der Waals surface area (Å²) in [6.45, 7) is 0. The van der Waals surface area contributed by atoms with Gasteiger partial charge in [0.15, 0.2) is 17.5 Å². The zero-order valence-corrected chi connectivity index (χ0v) is 30.9. The molecule has 11 rings (SSSR count). The molecule has 0 aliphatic heterocycles. The Labute approximate surface area is 327 Å². The van der Waals surface area contributed by atoms with E-state index in [1.165, 1.54) is 25.7 Å². The fraction of sp³-hybridized carbons (Fsp3) is 0. The van der Waals surface area contributed by atoms with Crippen molar-refractivity contribution < 1.29 is 4.42 Å². The lowest BCUT2D eigenvalue weighted by Crippen LogP contribution is -2.00. The lowest BCUT2D eigenvalue weighted by molar-refractivity contribution is 0.669. The Hall–Kier alpha value is -7.21. The number of thiophene rings is 1. The standard InChI is InChI=1S/C51H31N3OS/c1-3-12-33(13-4-1)49-52-50(34-14-5-2-6-15-34)54-51(53-49)35-24-22-32(23-25-35)37-28-38(36-26-27-47-43(31-36)41-16-8-10-21-46(41)56-47)30-39(29-37)40-18-11-20-45-48(40)42-17-7-9-19-44(42)55-45/h1-31H. The molecule has 56 heavy (non-hydrogen) atoms. The summed E-state index contributed by atoms with van der Waals surface area (Å²) in [5.74, 6) is 1.92. The first-order valence-electron chi connectivity index (χ1n) is 18.7. The molecule has 0 saturated heterocycles. The minimum absolute atomic E-state index is 0.633. The predicted molar refractivity (Wildman–Crippen MR) is 233 cm³/mol. The first-order chi connectivity index (χ1) is 27.7. The average molecular weight is 734 g/mol. The largest absolute Gasteiger partial charge is 0.456 e. The number of hydrogen-bond donors (Lipinski definition) is 0. The SMILES string of the molecule is c1ccc(-c2nc(-c3ccccc3)nc(-c3ccc(-c4cc(-c5ccc6sc7ccccc7c6c5)cc(-c5cccc6oc7ccccc7c56)c4)cc3)n2)cc1. The van der Waals surface area contributed by atoms with Crippen molar-refractivity contribution in [3.63, 3.8) is 0 Å². The van der Waals surface area contributed by atoms with Crippen molar-refractivity contribution in [2.45, 2.75) is 0 Å². The lowest BCUT2D eigenvalue weighted by atomic mass is 9.91. The average Bonchev–Trinajstić information content (AvgIpc) is 3.85. The molecule has 0 aliphatic rings. The van der Waals surface area contributed by atoms with Gasteiger partial charge in [-0.1, -0.05) is 140 Å². The third kappa shape index (κ3) is 5.65. The van der Waals surface area contributed by atoms with Crippen molar-refractivity contribution in [2.75, 3.05) is 0 Å². The summed E-state index contributed by atoms with van der Waals surface area (Å²) < 4.78 is 8.93. The van der Waals surface area contributed by atoms with E-state index >= 15 is 0 Å². The van der Waals surface area contributed by atoms with Crippen LogP contribution in [0.2, 0.25) is 0 Å². The summed E-state index contributed by atoms with van der Waals surface area (Å²) >= 11 is 1.84. The minimum atomic E-state index is 0.633. The molecular weight excluding hydrogens is 703 g/mol. The Balaban J connectivity index is 1.07. The van der Waals surface area contributed by atoms with Crippen LogP contribution in [0.4, 0.5) is 0 Å². The summed E-state index contributed by atoms with van der Waals surface area (Å²) in [6.07, 6.45) is 0. The fourth-order valence-corrected chi connectivity index (χ4v) is 8.87. The molecular formula is C51H31N3OS. The highest BCUT2D eigenvalue weighted by molar-refractivity contribution is 7.25. The summed E-state index contributed by atoms with van der Waals surface area (Å²) in [5, 5.41) is 4.81. The van der Waals surface area contributed by atoms with Crippen molar-refractivity contribution in [3.05, 3.63) is 188 Å². The van der Waals surface area contributed by atoms with Crippen molar-refractivity contribution >= 4 is 53.4 Å². The third-order valence-electron chi connectivity index (χ3n) is 10.5. The lowest BCUT2D eigenvalue weighted by Gasteiger charge is -2.13. The second kappa shape index (κ2) is 13.3. The maximum absolute atomic E-state index is 6.34. The van der Waals surface area contributed by atoms with Gasteiger partial charge in [-0.05, 0) is 81.9 Å². The van der Waals surface area contributed by atoms with E-state index in [9.17, 15) is 0 Å². The minimum Gasteiger partial charge on any atom is -0.456 e. The number of benzene rings is 8. The Morgan fingerprint density at radius 2 is 0.839 bits per heavy atom. The summed E-state index contributed by atoms with van der Waals surface area (Å²) in [4.78, 5) is 14.8. The van der Waals surface area contributed by atoms with Gasteiger partial charge in [0, 0.05) is 47.6 Å². The number of fused-ring (bicyclic) bond motifs is 6. The third-order valence-corrected chi connectivity index (χ3v) is 11.7. The molecule has 3 aromatic heterocycles. The molecule has 0 spiro atoms. The van der Waals surface area contributed by atoms with E-state index in [-0.39, 0.29) is 0 Å². The van der Waals surface area contributed by atoms with Crippen LogP contribution in [0.25, 0.3) is 110 Å². The molecule has 3 heterocycles. The molecule has 8 aromatic carbocycles. The van der Waals surface area contributed by atoms with Crippen LogP contribution >= 0.6 is 11.3 Å². The topological polar surface area (TPSA) is 51.8 Å². The number of nitrogens with zero attached hydrogens (tertiary/aromatic N) is 3. The zero-order chi connectivity index (χ0) is 37.0. The van der Waals surface area contributed by atoms with Gasteiger partial charge in [0.25, 0.3) is 0 Å². The number of rotatable bonds is 6. The van der Waals surface area contributed by atoms with Crippen LogP contribution in [0.3, 0.4) is 0 Å². The maximum atomic E-state index is 6.34. The number of hydrogen-bond acceptors (Lipinski definition) is 5. The van der Waals surface area contributed by atoms with Gasteiger partial charge in [0.1, 0.15) is 11.2 Å². The molecule has 0 aliphatic carbocycles. The van der Waals surface area contributed by atoms with Gasteiger partial charge in [0.05, 0.1) is 0 Å². The molecule has 262 valence electrons. The summed E-state index contributed by atoms with van der Waals surface area (Å²) in [5.41, 5.74) is 11.4. The number of furan rings is 1. The Kier molecular flexibility index (Phi) is 7.64. The molecule has 0 radical (unpaired) electrons. The maximum Gasteiger partial charge on any atom is 0.164 e. The Bertz CT molecular complexity index is 3180. The van der Waals surface area contributed by atoms with Crippen LogP contribution < -0.4 is 0 Å². The van der Waals surface area contributed by atoms with Crippen molar-refractivity contribution in [3.8, 4) is 67.5 Å². The van der Waals surface area contributed by atoms with E-state index in [1.807, 2.05) is 84.1 Å². The first kappa shape index (κ1) is 32.2. The van der Waals surface area contributed by atoms with Gasteiger partial charge in [-0.25, -0.2) is 15.0 Å². The van der Waals surface area contributed by atoms with Gasteiger partial charge in [-0.2, -0.15) is 0 Å². The Morgan fingerprint density at radius 3 is 1.55 bits per heavy atom. The van der Waals surface area contributed by atoms with Crippen molar-refractivity contribution in [1.29, 1.82) is 0 Å². The van der Waals surface area contributed by atoms with Gasteiger partial charge >= 0.3 is 0 Å². The second-order valence-corrected chi connectivity index (χ2v) is 15.1. The molecule has 0 saturated carbocycles. The first-order valence-corrected chi connectivity index (χ1v) is 19.5. The van der Waals surface area contributed by atoms with E-state index in [1.54, 1.807) is 0 Å². The van der Waals surface area contributed by atoms with E-state index in [4.69, 9.17) is 19.4 Å². The van der Waals surface area contributed by atoms with Crippen LogP contribution in [-0.4, -0.2) is 15.0 Å². The zero-order valence-electron chi connectivity index (χ0n) is 30.1. The molecule has 11 aromatic rings. The van der Waals surface area contributed by atoms with E-state index in [0.29, 0.717) is 17.5 Å². The van der Waals surface area contributed by atoms with E-state index < -0.39 is 0 Å². The number of aromatic nitrogens is 3. The van der Waals surface area contributed by atoms with Crippen molar-refractivity contribution in [2.24, 2.45) is 0 Å². The fourth-order valence-electron chi connectivity index (χ4n) is 7.79.